The van der Waals surface area contributed by atoms with E-state index in [9.17, 15) is 0 Å². The summed E-state index contributed by atoms with van der Waals surface area (Å²) < 4.78 is 0. The van der Waals surface area contributed by atoms with E-state index in [2.05, 4.69) is 248 Å². The average molecular weight is 885 g/mol. The zero-order valence-corrected chi connectivity index (χ0v) is 38.6. The van der Waals surface area contributed by atoms with E-state index in [1.54, 1.807) is 0 Å². The summed E-state index contributed by atoms with van der Waals surface area (Å²) in [5, 5.41) is 11.3. The number of nitrogens with zero attached hydrogens (tertiary/aromatic N) is 3. The van der Waals surface area contributed by atoms with E-state index in [1.165, 1.54) is 27.8 Å². The van der Waals surface area contributed by atoms with Gasteiger partial charge in [0, 0.05) is 33.9 Å². The Hall–Kier alpha value is -7.67. The highest BCUT2D eigenvalue weighted by Gasteiger charge is 2.42. The van der Waals surface area contributed by atoms with E-state index < -0.39 is 0 Å². The molecular formula is C62H56N6. The first kappa shape index (κ1) is 42.9. The number of aliphatic imine (C=N–C) groups is 3. The van der Waals surface area contributed by atoms with Crippen LogP contribution in [0.1, 0.15) is 89.4 Å². The Bertz CT molecular complexity index is 3100. The first-order valence-corrected chi connectivity index (χ1v) is 24.1. The Labute approximate surface area is 400 Å². The van der Waals surface area contributed by atoms with Gasteiger partial charge in [-0.3, -0.25) is 5.32 Å². The molecule has 7 atom stereocenters. The quantitative estimate of drug-likeness (QED) is 0.120. The number of amidine groups is 3. The van der Waals surface area contributed by atoms with Gasteiger partial charge in [0.1, 0.15) is 36.0 Å². The van der Waals surface area contributed by atoms with E-state index in [4.69, 9.17) is 15.0 Å². The minimum Gasteiger partial charge on any atom is -0.350 e. The highest BCUT2D eigenvalue weighted by Crippen LogP contribution is 2.45. The number of hydrogen-bond donors (Lipinski definition) is 3. The molecular weight excluding hydrogens is 829 g/mol. The molecule has 7 aromatic rings. The summed E-state index contributed by atoms with van der Waals surface area (Å²) in [6.45, 7) is 4.76. The van der Waals surface area contributed by atoms with Gasteiger partial charge in [0.2, 0.25) is 0 Å². The summed E-state index contributed by atoms with van der Waals surface area (Å²) >= 11 is 0. The minimum atomic E-state index is -0.304. The van der Waals surface area contributed by atoms with Crippen LogP contribution >= 0.6 is 0 Å². The molecule has 0 amide bonds. The van der Waals surface area contributed by atoms with E-state index in [1.807, 2.05) is 6.07 Å². The Kier molecular flexibility index (Phi) is 11.9. The van der Waals surface area contributed by atoms with Crippen LogP contribution in [0.15, 0.2) is 239 Å². The molecule has 68 heavy (non-hydrogen) atoms. The first-order chi connectivity index (χ1) is 33.5. The van der Waals surface area contributed by atoms with Crippen molar-refractivity contribution in [2.24, 2.45) is 26.8 Å². The molecule has 11 rings (SSSR count). The van der Waals surface area contributed by atoms with Crippen LogP contribution in [0.4, 0.5) is 0 Å². The maximum Gasteiger partial charge on any atom is 0.148 e. The van der Waals surface area contributed by atoms with Crippen molar-refractivity contribution in [1.82, 2.24) is 16.0 Å². The van der Waals surface area contributed by atoms with E-state index in [0.29, 0.717) is 0 Å². The van der Waals surface area contributed by atoms with Gasteiger partial charge in [-0.2, -0.15) is 0 Å². The molecule has 2 aliphatic carbocycles. The summed E-state index contributed by atoms with van der Waals surface area (Å²) in [5.41, 5.74) is 12.7. The predicted molar refractivity (Wildman–Crippen MR) is 281 cm³/mol. The number of benzene rings is 7. The molecule has 0 spiro atoms. The SMILES string of the molecule is CC1C(c2cccc(C3=NC(C4CC=CCC4(C)c4ccccc4)N=C(c4ccccc4-c4ccccc4)N3)c2)=CC=CC1c1cccc(C2N=C(c3ccccc3)NC(c3ccccc3)N2)c1. The van der Waals surface area contributed by atoms with Crippen LogP contribution in [0.5, 0.6) is 0 Å². The van der Waals surface area contributed by atoms with Crippen LogP contribution in [0, 0.1) is 11.8 Å². The second kappa shape index (κ2) is 18.9. The maximum atomic E-state index is 5.58. The summed E-state index contributed by atoms with van der Waals surface area (Å²) in [6.07, 6.45) is 12.7. The zero-order chi connectivity index (χ0) is 45.9. The van der Waals surface area contributed by atoms with Crippen LogP contribution < -0.4 is 16.0 Å². The van der Waals surface area contributed by atoms with Gasteiger partial charge in [-0.25, -0.2) is 15.0 Å². The van der Waals surface area contributed by atoms with Crippen molar-refractivity contribution in [2.75, 3.05) is 0 Å². The van der Waals surface area contributed by atoms with Crippen molar-refractivity contribution in [3.8, 4) is 11.1 Å². The molecule has 0 fully saturated rings. The maximum absolute atomic E-state index is 5.58. The second-order valence-corrected chi connectivity index (χ2v) is 18.7. The normalized spacial score (nSPS) is 24.4. The molecule has 7 aromatic carbocycles. The molecule has 0 saturated carbocycles. The number of hydrogen-bond acceptors (Lipinski definition) is 6. The lowest BCUT2D eigenvalue weighted by Crippen LogP contribution is -2.45. The third kappa shape index (κ3) is 8.60. The highest BCUT2D eigenvalue weighted by molar-refractivity contribution is 6.18. The summed E-state index contributed by atoms with van der Waals surface area (Å²) in [5.74, 6) is 3.10. The van der Waals surface area contributed by atoms with Gasteiger partial charge in [0.15, 0.2) is 0 Å². The molecule has 2 heterocycles. The Balaban J connectivity index is 0.916. The van der Waals surface area contributed by atoms with Crippen molar-refractivity contribution >= 4 is 23.1 Å². The van der Waals surface area contributed by atoms with Crippen LogP contribution in [0.2, 0.25) is 0 Å². The topological polar surface area (TPSA) is 73.2 Å². The van der Waals surface area contributed by atoms with Gasteiger partial charge in [-0.1, -0.05) is 232 Å². The third-order valence-corrected chi connectivity index (χ3v) is 14.5. The summed E-state index contributed by atoms with van der Waals surface area (Å²) in [6, 6.07) is 69.1. The molecule has 3 N–H and O–H groups in total. The average Bonchev–Trinajstić information content (AvgIpc) is 3.42. The number of rotatable bonds is 10. The summed E-state index contributed by atoms with van der Waals surface area (Å²) in [4.78, 5) is 16.4. The molecule has 0 bridgehead atoms. The Morgan fingerprint density at radius 3 is 1.93 bits per heavy atom. The Morgan fingerprint density at radius 2 is 1.15 bits per heavy atom. The summed E-state index contributed by atoms with van der Waals surface area (Å²) in [7, 11) is 0. The molecule has 0 radical (unpaired) electrons. The fourth-order valence-electron chi connectivity index (χ4n) is 10.7. The predicted octanol–water partition coefficient (Wildman–Crippen LogP) is 13.1. The van der Waals surface area contributed by atoms with E-state index in [0.717, 1.165) is 63.7 Å². The second-order valence-electron chi connectivity index (χ2n) is 18.7. The largest absolute Gasteiger partial charge is 0.350 e. The lowest BCUT2D eigenvalue weighted by Gasteiger charge is -2.42. The van der Waals surface area contributed by atoms with Crippen molar-refractivity contribution in [1.29, 1.82) is 0 Å². The third-order valence-electron chi connectivity index (χ3n) is 14.5. The Morgan fingerprint density at radius 1 is 0.529 bits per heavy atom. The fourth-order valence-corrected chi connectivity index (χ4v) is 10.7. The lowest BCUT2D eigenvalue weighted by atomic mass is 9.65. The van der Waals surface area contributed by atoms with E-state index >= 15 is 0 Å². The molecule has 4 aliphatic rings. The highest BCUT2D eigenvalue weighted by atomic mass is 15.3. The zero-order valence-electron chi connectivity index (χ0n) is 38.6. The van der Waals surface area contributed by atoms with E-state index in [-0.39, 0.29) is 41.7 Å². The van der Waals surface area contributed by atoms with Crippen LogP contribution in [0.3, 0.4) is 0 Å². The van der Waals surface area contributed by atoms with Gasteiger partial charge in [-0.15, -0.1) is 0 Å². The number of allylic oxidation sites excluding steroid dienone is 6. The van der Waals surface area contributed by atoms with Crippen LogP contribution in [-0.2, 0) is 5.41 Å². The van der Waals surface area contributed by atoms with Gasteiger partial charge in [0.25, 0.3) is 0 Å². The molecule has 2 aliphatic heterocycles. The van der Waals surface area contributed by atoms with Gasteiger partial charge in [0.05, 0.1) is 0 Å². The number of nitrogens with one attached hydrogen (secondary N) is 3. The molecule has 6 nitrogen and oxygen atoms in total. The molecule has 334 valence electrons. The standard InChI is InChI=1S/C62H56N6/c1-42-51(46-28-19-30-48(40-46)58-64-56(44-24-9-4-10-25-44)63-57(65-58)45-26-11-5-12-27-45)36-21-37-52(42)47-29-20-31-49(41-47)59-66-60(54-35-16-15-34-53(54)43-22-7-3-8-23-43)68-61(67-59)55-38-17-18-39-62(55,2)50-32-13-6-14-33-50/h3-37,40-42,51,55-56,58,61,64H,38-39H2,1-2H3,(H,63,65)(H,66,67,68). The molecule has 6 heteroatoms. The van der Waals surface area contributed by atoms with Gasteiger partial charge < -0.3 is 10.6 Å². The molecule has 0 saturated heterocycles. The first-order valence-electron chi connectivity index (χ1n) is 24.1. The monoisotopic (exact) mass is 884 g/mol. The lowest BCUT2D eigenvalue weighted by molar-refractivity contribution is 0.242. The van der Waals surface area contributed by atoms with Crippen molar-refractivity contribution in [3.63, 3.8) is 0 Å². The van der Waals surface area contributed by atoms with Crippen molar-refractivity contribution in [2.45, 2.75) is 56.5 Å². The van der Waals surface area contributed by atoms with Crippen LogP contribution in [0.25, 0.3) is 16.7 Å². The van der Waals surface area contributed by atoms with Gasteiger partial charge >= 0.3 is 0 Å². The van der Waals surface area contributed by atoms with Crippen molar-refractivity contribution in [3.05, 3.63) is 269 Å². The molecule has 0 aromatic heterocycles. The minimum absolute atomic E-state index is 0.0970. The smallest absolute Gasteiger partial charge is 0.148 e. The fraction of sp³-hybridized carbons (Fsp3) is 0.177. The molecule has 7 unspecified atom stereocenters. The van der Waals surface area contributed by atoms with Crippen LogP contribution in [-0.4, -0.2) is 23.7 Å². The van der Waals surface area contributed by atoms with Gasteiger partial charge in [-0.05, 0) is 69.3 Å². The van der Waals surface area contributed by atoms with Crippen molar-refractivity contribution < 1.29 is 0 Å².